The molecule has 6 nitrogen and oxygen atoms in total. The van der Waals surface area contributed by atoms with Gasteiger partial charge in [0.05, 0.1) is 5.69 Å². The molecule has 1 atom stereocenters. The summed E-state index contributed by atoms with van der Waals surface area (Å²) in [5.41, 5.74) is 11.3. The van der Waals surface area contributed by atoms with Crippen LogP contribution in [-0.2, 0) is 12.8 Å². The number of nitrogens with one attached hydrogen (secondary N) is 1. The number of nitrogen functional groups attached to an aromatic ring is 1. The maximum atomic E-state index is 13.0. The summed E-state index contributed by atoms with van der Waals surface area (Å²) in [5.74, 6) is 1.01. The van der Waals surface area contributed by atoms with Crippen molar-refractivity contribution in [2.45, 2.75) is 58.4 Å². The summed E-state index contributed by atoms with van der Waals surface area (Å²) in [4.78, 5) is 26.4. The van der Waals surface area contributed by atoms with Gasteiger partial charge in [-0.05, 0) is 75.6 Å². The molecule has 4 heterocycles. The molecule has 7 heteroatoms. The Hall–Kier alpha value is -2.67. The Labute approximate surface area is 186 Å². The average molecular weight is 436 g/mol. The van der Waals surface area contributed by atoms with Crippen LogP contribution in [0.1, 0.15) is 57.9 Å². The topological polar surface area (TPSA) is 84.1 Å². The number of anilines is 2. The number of hydrogen-bond donors (Lipinski definition) is 2. The number of hydrogen-bond acceptors (Lipinski definition) is 6. The van der Waals surface area contributed by atoms with Crippen molar-refractivity contribution in [3.05, 3.63) is 45.6 Å². The van der Waals surface area contributed by atoms with Gasteiger partial charge in [0.15, 0.2) is 0 Å². The van der Waals surface area contributed by atoms with Gasteiger partial charge in [0.25, 0.3) is 5.91 Å². The zero-order valence-electron chi connectivity index (χ0n) is 18.2. The second-order valence-electron chi connectivity index (χ2n) is 8.84. The zero-order valence-corrected chi connectivity index (χ0v) is 19.0. The minimum Gasteiger partial charge on any atom is -0.397 e. The van der Waals surface area contributed by atoms with Gasteiger partial charge in [-0.15, -0.1) is 11.3 Å². The van der Waals surface area contributed by atoms with E-state index in [0.29, 0.717) is 10.6 Å². The predicted molar refractivity (Wildman–Crippen MR) is 127 cm³/mol. The van der Waals surface area contributed by atoms with Crippen molar-refractivity contribution in [3.8, 4) is 0 Å². The van der Waals surface area contributed by atoms with Gasteiger partial charge in [-0.1, -0.05) is 6.07 Å². The molecule has 1 aliphatic carbocycles. The number of rotatable bonds is 3. The lowest BCUT2D eigenvalue weighted by atomic mass is 9.91. The lowest BCUT2D eigenvalue weighted by Crippen LogP contribution is -2.39. The minimum absolute atomic E-state index is 0.0936. The number of aromatic nitrogens is 2. The second kappa shape index (κ2) is 8.11. The minimum atomic E-state index is -0.0936. The van der Waals surface area contributed by atoms with Crippen LogP contribution in [0, 0.1) is 13.8 Å². The first-order valence-corrected chi connectivity index (χ1v) is 12.0. The Morgan fingerprint density at radius 3 is 2.81 bits per heavy atom. The number of carbonyl (C=O) groups excluding carboxylic acids is 1. The Bertz CT molecular complexity index is 1150. The largest absolute Gasteiger partial charge is 0.397 e. The molecule has 3 N–H and O–H groups in total. The van der Waals surface area contributed by atoms with E-state index >= 15 is 0 Å². The normalized spacial score (nSPS) is 18.8. The van der Waals surface area contributed by atoms with E-state index in [4.69, 9.17) is 10.7 Å². The number of aryl methyl sites for hydroxylation is 3. The highest BCUT2D eigenvalue weighted by Crippen LogP contribution is 2.35. The van der Waals surface area contributed by atoms with Crippen molar-refractivity contribution in [1.82, 2.24) is 15.3 Å². The Morgan fingerprint density at radius 2 is 2.00 bits per heavy atom. The fourth-order valence-electron chi connectivity index (χ4n) is 4.91. The first-order chi connectivity index (χ1) is 15.0. The third-order valence-corrected chi connectivity index (χ3v) is 7.59. The number of amides is 1. The molecule has 3 aromatic heterocycles. The molecule has 2 aliphatic rings. The molecule has 1 fully saturated rings. The molecule has 0 spiro atoms. The number of carbonyl (C=O) groups is 1. The highest BCUT2D eigenvalue weighted by atomic mass is 32.1. The van der Waals surface area contributed by atoms with Gasteiger partial charge >= 0.3 is 0 Å². The van der Waals surface area contributed by atoms with Crippen LogP contribution >= 0.6 is 11.3 Å². The fraction of sp³-hybridized carbons (Fsp3) is 0.458. The van der Waals surface area contributed by atoms with E-state index in [1.54, 1.807) is 0 Å². The quantitative estimate of drug-likeness (QED) is 0.645. The molecule has 1 amide bonds. The molecule has 0 aromatic carbocycles. The molecular weight excluding hydrogens is 406 g/mol. The third kappa shape index (κ3) is 3.87. The molecule has 5 rings (SSSR count). The molecule has 0 saturated carbocycles. The number of pyridine rings is 2. The Kier molecular flexibility index (Phi) is 5.30. The van der Waals surface area contributed by atoms with Crippen LogP contribution in [0.3, 0.4) is 0 Å². The number of fused-ring (bicyclic) bond motifs is 2. The van der Waals surface area contributed by atoms with Crippen LogP contribution in [0.5, 0.6) is 0 Å². The third-order valence-electron chi connectivity index (χ3n) is 6.50. The maximum Gasteiger partial charge on any atom is 0.263 e. The van der Waals surface area contributed by atoms with Crippen molar-refractivity contribution in [3.63, 3.8) is 0 Å². The van der Waals surface area contributed by atoms with E-state index in [0.717, 1.165) is 59.6 Å². The number of piperidine rings is 1. The van der Waals surface area contributed by atoms with Crippen LogP contribution in [0.25, 0.3) is 10.2 Å². The molecule has 1 saturated heterocycles. The summed E-state index contributed by atoms with van der Waals surface area (Å²) in [5, 5.41) is 4.12. The first kappa shape index (κ1) is 20.2. The van der Waals surface area contributed by atoms with E-state index in [1.807, 2.05) is 19.9 Å². The number of nitrogens with two attached hydrogens (primary N) is 1. The van der Waals surface area contributed by atoms with Crippen molar-refractivity contribution >= 4 is 39.0 Å². The van der Waals surface area contributed by atoms with Crippen LogP contribution in [0.15, 0.2) is 18.2 Å². The van der Waals surface area contributed by atoms with E-state index < -0.39 is 0 Å². The van der Waals surface area contributed by atoms with Crippen LogP contribution in [-0.4, -0.2) is 35.0 Å². The van der Waals surface area contributed by atoms with E-state index in [2.05, 4.69) is 27.3 Å². The first-order valence-electron chi connectivity index (χ1n) is 11.2. The molecule has 162 valence electrons. The van der Waals surface area contributed by atoms with E-state index in [-0.39, 0.29) is 11.9 Å². The van der Waals surface area contributed by atoms with E-state index in [1.165, 1.54) is 41.9 Å². The molecule has 0 radical (unpaired) electrons. The highest BCUT2D eigenvalue weighted by molar-refractivity contribution is 7.21. The molecule has 1 aliphatic heterocycles. The lowest BCUT2D eigenvalue weighted by Gasteiger charge is -2.30. The Balaban J connectivity index is 1.31. The van der Waals surface area contributed by atoms with E-state index in [9.17, 15) is 4.79 Å². The molecule has 0 unspecified atom stereocenters. The highest BCUT2D eigenvalue weighted by Gasteiger charge is 2.25. The second-order valence-corrected chi connectivity index (χ2v) is 9.84. The molecular formula is C24H29N5OS. The summed E-state index contributed by atoms with van der Waals surface area (Å²) in [6.07, 6.45) is 6.43. The van der Waals surface area contributed by atoms with Gasteiger partial charge in [0.1, 0.15) is 15.5 Å². The van der Waals surface area contributed by atoms with Crippen molar-refractivity contribution < 1.29 is 4.79 Å². The standard InChI is InChI=1S/C24H29N5OS/c1-14-12-15(2)26-24-20(14)21(25)22(31-24)23(30)27-17-7-8-18-16(13-17)6-9-19(28-18)29-10-4-3-5-11-29/h6,9,12,17H,3-5,7-8,10-11,13,25H2,1-2H3,(H,27,30)/t17-/m0/s1. The van der Waals surface area contributed by atoms with Gasteiger partial charge < -0.3 is 16.0 Å². The number of thiophene rings is 1. The summed E-state index contributed by atoms with van der Waals surface area (Å²) in [6, 6.07) is 6.46. The predicted octanol–water partition coefficient (Wildman–Crippen LogP) is 4.17. The van der Waals surface area contributed by atoms with Crippen molar-refractivity contribution in [1.29, 1.82) is 0 Å². The van der Waals surface area contributed by atoms with Crippen molar-refractivity contribution in [2.24, 2.45) is 0 Å². The number of nitrogens with zero attached hydrogens (tertiary/aromatic N) is 3. The van der Waals surface area contributed by atoms with Crippen molar-refractivity contribution in [2.75, 3.05) is 23.7 Å². The Morgan fingerprint density at radius 1 is 1.19 bits per heavy atom. The lowest BCUT2D eigenvalue weighted by molar-refractivity contribution is 0.0938. The summed E-state index contributed by atoms with van der Waals surface area (Å²) < 4.78 is 0. The van der Waals surface area contributed by atoms with Crippen LogP contribution in [0.4, 0.5) is 11.5 Å². The van der Waals surface area contributed by atoms with Gasteiger partial charge in [-0.3, -0.25) is 4.79 Å². The monoisotopic (exact) mass is 435 g/mol. The van der Waals surface area contributed by atoms with Gasteiger partial charge in [-0.2, -0.15) is 0 Å². The summed E-state index contributed by atoms with van der Waals surface area (Å²) >= 11 is 1.39. The SMILES string of the molecule is Cc1cc(C)c2c(N)c(C(=O)N[C@H]3CCc4nc(N5CCCCC5)ccc4C3)sc2n1. The van der Waals surface area contributed by atoms with Gasteiger partial charge in [0, 0.05) is 35.9 Å². The maximum absolute atomic E-state index is 13.0. The molecule has 0 bridgehead atoms. The van der Waals surface area contributed by atoms with Gasteiger partial charge in [0.2, 0.25) is 0 Å². The van der Waals surface area contributed by atoms with Gasteiger partial charge in [-0.25, -0.2) is 9.97 Å². The molecule has 31 heavy (non-hydrogen) atoms. The smallest absolute Gasteiger partial charge is 0.263 e. The zero-order chi connectivity index (χ0) is 21.5. The molecule has 3 aromatic rings. The fourth-order valence-corrected chi connectivity index (χ4v) is 6.03. The summed E-state index contributed by atoms with van der Waals surface area (Å²) in [7, 11) is 0. The average Bonchev–Trinajstić information content (AvgIpc) is 3.10. The summed E-state index contributed by atoms with van der Waals surface area (Å²) in [6.45, 7) is 6.20. The van der Waals surface area contributed by atoms with Crippen LogP contribution in [0.2, 0.25) is 0 Å². The van der Waals surface area contributed by atoms with Crippen LogP contribution < -0.4 is 16.0 Å².